The van der Waals surface area contributed by atoms with Crippen molar-refractivity contribution in [1.82, 2.24) is 0 Å². The molecule has 0 bridgehead atoms. The molecule has 170 valence electrons. The van der Waals surface area contributed by atoms with E-state index in [1.807, 2.05) is 6.08 Å². The summed E-state index contributed by atoms with van der Waals surface area (Å²) in [5.41, 5.74) is 4.10. The summed E-state index contributed by atoms with van der Waals surface area (Å²) in [5, 5.41) is 61.2. The highest BCUT2D eigenvalue weighted by Crippen LogP contribution is 2.58. The topological polar surface area (TPSA) is 121 Å². The average molecular weight is 454 g/mol. The van der Waals surface area contributed by atoms with Crippen LogP contribution < -0.4 is 0 Å². The van der Waals surface area contributed by atoms with Gasteiger partial charge in [0.2, 0.25) is 0 Å². The van der Waals surface area contributed by atoms with E-state index in [0.29, 0.717) is 22.3 Å². The van der Waals surface area contributed by atoms with E-state index in [0.717, 1.165) is 11.1 Å². The Hall–Kier alpha value is -4.58. The predicted molar refractivity (Wildman–Crippen MR) is 128 cm³/mol. The van der Waals surface area contributed by atoms with Crippen LogP contribution in [0.15, 0.2) is 78.9 Å². The van der Waals surface area contributed by atoms with E-state index in [4.69, 9.17) is 0 Å². The zero-order valence-electron chi connectivity index (χ0n) is 17.9. The second-order valence-electron chi connectivity index (χ2n) is 8.45. The highest BCUT2D eigenvalue weighted by Gasteiger charge is 2.41. The van der Waals surface area contributed by atoms with E-state index in [2.05, 4.69) is 0 Å². The summed E-state index contributed by atoms with van der Waals surface area (Å²) in [6.07, 6.45) is 1.88. The molecule has 0 spiro atoms. The molecule has 0 amide bonds. The Morgan fingerprint density at radius 3 is 1.68 bits per heavy atom. The van der Waals surface area contributed by atoms with E-state index in [9.17, 15) is 30.6 Å². The van der Waals surface area contributed by atoms with Crippen LogP contribution in [0, 0.1) is 0 Å². The normalized spacial score (nSPS) is 18.2. The fraction of sp³-hybridized carbons (Fsp3) is 0.0714. The van der Waals surface area contributed by atoms with Crippen molar-refractivity contribution in [3.05, 3.63) is 107 Å². The Morgan fingerprint density at radius 2 is 1.06 bits per heavy atom. The molecule has 5 rings (SSSR count). The van der Waals surface area contributed by atoms with E-state index in [1.165, 1.54) is 12.1 Å². The van der Waals surface area contributed by atoms with E-state index in [1.54, 1.807) is 66.7 Å². The van der Waals surface area contributed by atoms with Gasteiger partial charge in [0.25, 0.3) is 0 Å². The molecule has 1 aliphatic rings. The van der Waals surface area contributed by atoms with Gasteiger partial charge in [-0.25, -0.2) is 0 Å². The van der Waals surface area contributed by atoms with Crippen LogP contribution in [0.2, 0.25) is 0 Å². The first-order valence-electron chi connectivity index (χ1n) is 10.7. The zero-order valence-corrected chi connectivity index (χ0v) is 17.9. The van der Waals surface area contributed by atoms with Crippen LogP contribution in [0.3, 0.4) is 0 Å². The van der Waals surface area contributed by atoms with Gasteiger partial charge in [0.05, 0.1) is 0 Å². The molecule has 2 atom stereocenters. The van der Waals surface area contributed by atoms with E-state index >= 15 is 0 Å². The third-order valence-corrected chi connectivity index (χ3v) is 6.18. The SMILES string of the molecule is Oc1ccc(/C=C2\c3c(O)cc(O)cc3[C@H](c3ccc(O)cc3)[C@H]2c2cc(O)cc(O)c2)cc1. The van der Waals surface area contributed by atoms with Crippen molar-refractivity contribution in [1.29, 1.82) is 0 Å². The van der Waals surface area contributed by atoms with E-state index in [-0.39, 0.29) is 34.5 Å². The largest absolute Gasteiger partial charge is 0.508 e. The molecular formula is C28H22O6. The number of hydrogen-bond donors (Lipinski definition) is 6. The zero-order chi connectivity index (χ0) is 24.0. The Morgan fingerprint density at radius 1 is 0.500 bits per heavy atom. The van der Waals surface area contributed by atoms with Crippen molar-refractivity contribution in [2.24, 2.45) is 0 Å². The van der Waals surface area contributed by atoms with Crippen molar-refractivity contribution in [3.8, 4) is 34.5 Å². The Balaban J connectivity index is 1.82. The minimum atomic E-state index is -0.459. The first kappa shape index (κ1) is 21.3. The van der Waals surface area contributed by atoms with Crippen LogP contribution in [-0.2, 0) is 0 Å². The number of aromatic hydroxyl groups is 6. The molecule has 6 N–H and O–H groups in total. The lowest BCUT2D eigenvalue weighted by Crippen LogP contribution is -2.08. The van der Waals surface area contributed by atoms with Gasteiger partial charge in [-0.1, -0.05) is 30.3 Å². The average Bonchev–Trinajstić information content (AvgIpc) is 3.09. The van der Waals surface area contributed by atoms with Crippen molar-refractivity contribution in [2.45, 2.75) is 11.8 Å². The van der Waals surface area contributed by atoms with Gasteiger partial charge in [0.1, 0.15) is 34.5 Å². The van der Waals surface area contributed by atoms with Gasteiger partial charge < -0.3 is 30.6 Å². The molecule has 6 heteroatoms. The lowest BCUT2D eigenvalue weighted by atomic mass is 9.79. The predicted octanol–water partition coefficient (Wildman–Crippen LogP) is 5.39. The van der Waals surface area contributed by atoms with Crippen molar-refractivity contribution in [3.63, 3.8) is 0 Å². The second kappa shape index (κ2) is 8.08. The first-order valence-corrected chi connectivity index (χ1v) is 10.7. The molecule has 0 radical (unpaired) electrons. The molecule has 0 heterocycles. The lowest BCUT2D eigenvalue weighted by molar-refractivity contribution is 0.447. The van der Waals surface area contributed by atoms with E-state index < -0.39 is 11.8 Å². The molecule has 6 nitrogen and oxygen atoms in total. The molecule has 1 aliphatic carbocycles. The van der Waals surface area contributed by atoms with Crippen molar-refractivity contribution < 1.29 is 30.6 Å². The first-order chi connectivity index (χ1) is 16.3. The molecular weight excluding hydrogens is 432 g/mol. The molecule has 4 aromatic rings. The maximum absolute atomic E-state index is 10.9. The number of phenols is 6. The molecule has 0 aliphatic heterocycles. The van der Waals surface area contributed by atoms with Gasteiger partial charge in [-0.3, -0.25) is 0 Å². The molecule has 0 unspecified atom stereocenters. The molecule has 0 saturated carbocycles. The monoisotopic (exact) mass is 454 g/mol. The molecule has 0 fully saturated rings. The van der Waals surface area contributed by atoms with Gasteiger partial charge in [0, 0.05) is 29.5 Å². The summed E-state index contributed by atoms with van der Waals surface area (Å²) in [4.78, 5) is 0. The summed E-state index contributed by atoms with van der Waals surface area (Å²) < 4.78 is 0. The highest BCUT2D eigenvalue weighted by molar-refractivity contribution is 5.94. The van der Waals surface area contributed by atoms with Crippen LogP contribution >= 0.6 is 0 Å². The standard InChI is InChI=1S/C28H22O6/c29-18-5-1-15(2-6-18)9-23-27(17-10-20(31)12-21(32)11-17)26(16-3-7-19(30)8-4-16)24-13-22(33)14-25(34)28(23)24/h1-14,26-27,29-34H/b23-9-/t26-,27-/m0/s1. The molecule has 34 heavy (non-hydrogen) atoms. The number of benzene rings is 4. The van der Waals surface area contributed by atoms with Gasteiger partial charge in [-0.05, 0) is 70.3 Å². The number of fused-ring (bicyclic) bond motifs is 1. The molecule has 0 saturated heterocycles. The maximum Gasteiger partial charge on any atom is 0.127 e. The summed E-state index contributed by atoms with van der Waals surface area (Å²) in [6.45, 7) is 0. The Bertz CT molecular complexity index is 1380. The maximum atomic E-state index is 10.9. The van der Waals surface area contributed by atoms with Gasteiger partial charge in [0.15, 0.2) is 0 Å². The van der Waals surface area contributed by atoms with Crippen LogP contribution in [0.25, 0.3) is 11.6 Å². The number of allylic oxidation sites excluding steroid dienone is 1. The van der Waals surface area contributed by atoms with Gasteiger partial charge >= 0.3 is 0 Å². The van der Waals surface area contributed by atoms with Crippen molar-refractivity contribution in [2.75, 3.05) is 0 Å². The minimum absolute atomic E-state index is 0.0941. The summed E-state index contributed by atoms with van der Waals surface area (Å²) in [7, 11) is 0. The Kier molecular flexibility index (Phi) is 5.06. The number of phenolic OH excluding ortho intramolecular Hbond substituents is 6. The summed E-state index contributed by atoms with van der Waals surface area (Å²) in [5.74, 6) is -1.04. The third kappa shape index (κ3) is 3.75. The highest BCUT2D eigenvalue weighted by atomic mass is 16.3. The summed E-state index contributed by atoms with van der Waals surface area (Å²) in [6, 6.07) is 20.5. The number of hydrogen-bond acceptors (Lipinski definition) is 6. The molecule has 0 aromatic heterocycles. The van der Waals surface area contributed by atoms with Crippen LogP contribution in [-0.4, -0.2) is 30.6 Å². The minimum Gasteiger partial charge on any atom is -0.508 e. The van der Waals surface area contributed by atoms with Gasteiger partial charge in [-0.2, -0.15) is 0 Å². The fourth-order valence-corrected chi connectivity index (χ4v) is 4.84. The van der Waals surface area contributed by atoms with Gasteiger partial charge in [-0.15, -0.1) is 0 Å². The molecule has 4 aromatic carbocycles. The van der Waals surface area contributed by atoms with Crippen molar-refractivity contribution >= 4 is 11.6 Å². The summed E-state index contributed by atoms with van der Waals surface area (Å²) >= 11 is 0. The lowest BCUT2D eigenvalue weighted by Gasteiger charge is -2.23. The third-order valence-electron chi connectivity index (χ3n) is 6.18. The smallest absolute Gasteiger partial charge is 0.127 e. The quantitative estimate of drug-likeness (QED) is 0.247. The second-order valence-corrected chi connectivity index (χ2v) is 8.45. The number of rotatable bonds is 3. The fourth-order valence-electron chi connectivity index (χ4n) is 4.84. The van der Waals surface area contributed by atoms with Crippen LogP contribution in [0.5, 0.6) is 34.5 Å². The van der Waals surface area contributed by atoms with Crippen LogP contribution in [0.1, 0.15) is 39.7 Å². The Labute approximate surface area is 195 Å². The van der Waals surface area contributed by atoms with Crippen LogP contribution in [0.4, 0.5) is 0 Å².